The maximum absolute atomic E-state index is 11.3. The van der Waals surface area contributed by atoms with Gasteiger partial charge >= 0.3 is 0 Å². The lowest BCUT2D eigenvalue weighted by Gasteiger charge is -2.28. The molecule has 0 bridgehead atoms. The molecule has 106 valence electrons. The molecule has 0 spiro atoms. The molecule has 5 heteroatoms. The number of nitrogens with one attached hydrogen (secondary N) is 2. The van der Waals surface area contributed by atoms with Crippen LogP contribution in [0, 0.1) is 5.92 Å². The summed E-state index contributed by atoms with van der Waals surface area (Å²) in [5.74, 6) is 0.728. The van der Waals surface area contributed by atoms with Crippen LogP contribution in [0.25, 0.3) is 0 Å². The highest BCUT2D eigenvalue weighted by atomic mass is 16.1. The van der Waals surface area contributed by atoms with Crippen LogP contribution < -0.4 is 10.6 Å². The minimum absolute atomic E-state index is 0.0324. The van der Waals surface area contributed by atoms with Crippen molar-refractivity contribution in [1.29, 1.82) is 0 Å². The summed E-state index contributed by atoms with van der Waals surface area (Å²) in [6.45, 7) is 2.52. The lowest BCUT2D eigenvalue weighted by Crippen LogP contribution is -2.27. The van der Waals surface area contributed by atoms with Gasteiger partial charge in [0.1, 0.15) is 6.54 Å². The molecule has 2 rings (SSSR count). The van der Waals surface area contributed by atoms with Crippen molar-refractivity contribution in [2.45, 2.75) is 51.6 Å². The van der Waals surface area contributed by atoms with Gasteiger partial charge in [-0.2, -0.15) is 5.10 Å². The van der Waals surface area contributed by atoms with Gasteiger partial charge in [-0.25, -0.2) is 0 Å². The third-order valence-electron chi connectivity index (χ3n) is 3.97. The summed E-state index contributed by atoms with van der Waals surface area (Å²) in [5.41, 5.74) is 1.00. The van der Waals surface area contributed by atoms with E-state index in [0.29, 0.717) is 6.04 Å². The topological polar surface area (TPSA) is 59.0 Å². The average Bonchev–Trinajstić information content (AvgIpc) is 2.86. The van der Waals surface area contributed by atoms with Crippen molar-refractivity contribution in [2.24, 2.45) is 5.92 Å². The van der Waals surface area contributed by atoms with Crippen LogP contribution in [0.1, 0.15) is 39.0 Å². The van der Waals surface area contributed by atoms with Gasteiger partial charge in [-0.15, -0.1) is 0 Å². The first-order valence-electron chi connectivity index (χ1n) is 7.18. The molecule has 1 heterocycles. The Balaban J connectivity index is 1.86. The highest BCUT2D eigenvalue weighted by molar-refractivity contribution is 5.75. The Bertz CT molecular complexity index is 409. The number of anilines is 1. The van der Waals surface area contributed by atoms with Gasteiger partial charge in [-0.05, 0) is 25.7 Å². The van der Waals surface area contributed by atoms with Gasteiger partial charge in [-0.1, -0.05) is 19.3 Å². The molecular weight excluding hydrogens is 240 g/mol. The first-order chi connectivity index (χ1) is 9.19. The van der Waals surface area contributed by atoms with Crippen molar-refractivity contribution < 1.29 is 4.79 Å². The van der Waals surface area contributed by atoms with Crippen molar-refractivity contribution in [2.75, 3.05) is 12.4 Å². The predicted molar refractivity (Wildman–Crippen MR) is 76.0 cm³/mol. The Kier molecular flexibility index (Phi) is 4.82. The number of carbonyl (C=O) groups excluding carboxylic acids is 1. The van der Waals surface area contributed by atoms with Crippen molar-refractivity contribution in [1.82, 2.24) is 15.1 Å². The van der Waals surface area contributed by atoms with E-state index in [1.165, 1.54) is 32.1 Å². The van der Waals surface area contributed by atoms with Crippen LogP contribution >= 0.6 is 0 Å². The minimum atomic E-state index is -0.0324. The van der Waals surface area contributed by atoms with Gasteiger partial charge in [0.25, 0.3) is 0 Å². The lowest BCUT2D eigenvalue weighted by atomic mass is 9.84. The van der Waals surface area contributed by atoms with Crippen molar-refractivity contribution >= 4 is 11.6 Å². The van der Waals surface area contributed by atoms with Gasteiger partial charge in [0.15, 0.2) is 0 Å². The van der Waals surface area contributed by atoms with Crippen LogP contribution in [0.2, 0.25) is 0 Å². The molecular formula is C14H24N4O. The van der Waals surface area contributed by atoms with E-state index in [2.05, 4.69) is 22.7 Å². The zero-order valence-corrected chi connectivity index (χ0v) is 11.9. The van der Waals surface area contributed by atoms with Crippen LogP contribution in [0.5, 0.6) is 0 Å². The summed E-state index contributed by atoms with van der Waals surface area (Å²) in [5, 5.41) is 10.3. The fourth-order valence-electron chi connectivity index (χ4n) is 2.77. The van der Waals surface area contributed by atoms with Gasteiger partial charge < -0.3 is 10.6 Å². The molecule has 1 amide bonds. The van der Waals surface area contributed by atoms with E-state index < -0.39 is 0 Å². The highest BCUT2D eigenvalue weighted by Crippen LogP contribution is 2.27. The summed E-state index contributed by atoms with van der Waals surface area (Å²) >= 11 is 0. The maximum Gasteiger partial charge on any atom is 0.241 e. The fraction of sp³-hybridized carbons (Fsp3) is 0.714. The molecule has 0 aliphatic heterocycles. The Morgan fingerprint density at radius 1 is 1.47 bits per heavy atom. The zero-order valence-electron chi connectivity index (χ0n) is 11.9. The predicted octanol–water partition coefficient (Wildman–Crippen LogP) is 2.01. The SMILES string of the molecule is CNC(=O)Cn1cc(NC(C)C2CCCCC2)cn1. The second-order valence-corrected chi connectivity index (χ2v) is 5.43. The monoisotopic (exact) mass is 264 g/mol. The number of amides is 1. The van der Waals surface area contributed by atoms with E-state index in [0.717, 1.165) is 11.6 Å². The van der Waals surface area contributed by atoms with Crippen molar-refractivity contribution in [3.8, 4) is 0 Å². The average molecular weight is 264 g/mol. The van der Waals surface area contributed by atoms with E-state index in [1.54, 1.807) is 17.9 Å². The van der Waals surface area contributed by atoms with Gasteiger partial charge in [0.2, 0.25) is 5.91 Å². The lowest BCUT2D eigenvalue weighted by molar-refractivity contribution is -0.121. The molecule has 0 aromatic carbocycles. The Labute approximate surface area is 114 Å². The number of aromatic nitrogens is 2. The maximum atomic E-state index is 11.3. The smallest absolute Gasteiger partial charge is 0.241 e. The summed E-state index contributed by atoms with van der Waals surface area (Å²) in [7, 11) is 1.64. The van der Waals surface area contributed by atoms with Crippen molar-refractivity contribution in [3.05, 3.63) is 12.4 Å². The van der Waals surface area contributed by atoms with Crippen LogP contribution in [-0.4, -0.2) is 28.8 Å². The quantitative estimate of drug-likeness (QED) is 0.855. The van der Waals surface area contributed by atoms with E-state index in [1.807, 2.05) is 6.20 Å². The number of rotatable bonds is 5. The normalized spacial score (nSPS) is 18.0. The summed E-state index contributed by atoms with van der Waals surface area (Å²) in [6, 6.07) is 0.470. The molecule has 1 aliphatic rings. The summed E-state index contributed by atoms with van der Waals surface area (Å²) < 4.78 is 1.66. The molecule has 1 saturated carbocycles. The molecule has 19 heavy (non-hydrogen) atoms. The van der Waals surface area contributed by atoms with E-state index in [9.17, 15) is 4.79 Å². The molecule has 1 aromatic heterocycles. The Morgan fingerprint density at radius 2 is 2.21 bits per heavy atom. The molecule has 5 nitrogen and oxygen atoms in total. The third-order valence-corrected chi connectivity index (χ3v) is 3.97. The Hall–Kier alpha value is -1.52. The highest BCUT2D eigenvalue weighted by Gasteiger charge is 2.20. The first kappa shape index (κ1) is 13.9. The summed E-state index contributed by atoms with van der Waals surface area (Å²) in [4.78, 5) is 11.3. The molecule has 1 unspecified atom stereocenters. The van der Waals surface area contributed by atoms with Gasteiger partial charge in [0.05, 0.1) is 11.9 Å². The number of likely N-dealkylation sites (N-methyl/N-ethyl adjacent to an activating group) is 1. The first-order valence-corrected chi connectivity index (χ1v) is 7.18. The van der Waals surface area contributed by atoms with Crippen LogP contribution in [0.15, 0.2) is 12.4 Å². The molecule has 1 aliphatic carbocycles. The second kappa shape index (κ2) is 6.59. The number of nitrogens with zero attached hydrogens (tertiary/aromatic N) is 2. The Morgan fingerprint density at radius 3 is 2.89 bits per heavy atom. The summed E-state index contributed by atoms with van der Waals surface area (Å²) in [6.07, 6.45) is 10.4. The van der Waals surface area contributed by atoms with E-state index >= 15 is 0 Å². The largest absolute Gasteiger partial charge is 0.380 e. The second-order valence-electron chi connectivity index (χ2n) is 5.43. The third kappa shape index (κ3) is 3.98. The zero-order chi connectivity index (χ0) is 13.7. The van der Waals surface area contributed by atoms with Gasteiger partial charge in [0, 0.05) is 19.3 Å². The molecule has 1 fully saturated rings. The van der Waals surface area contributed by atoms with Crippen LogP contribution in [0.3, 0.4) is 0 Å². The molecule has 2 N–H and O–H groups in total. The number of hydrogen-bond acceptors (Lipinski definition) is 3. The number of carbonyl (C=O) groups is 1. The molecule has 1 aromatic rings. The minimum Gasteiger partial charge on any atom is -0.380 e. The van der Waals surface area contributed by atoms with Crippen LogP contribution in [-0.2, 0) is 11.3 Å². The van der Waals surface area contributed by atoms with E-state index in [4.69, 9.17) is 0 Å². The van der Waals surface area contributed by atoms with E-state index in [-0.39, 0.29) is 12.5 Å². The fourth-order valence-corrected chi connectivity index (χ4v) is 2.77. The van der Waals surface area contributed by atoms with Crippen LogP contribution in [0.4, 0.5) is 5.69 Å². The van der Waals surface area contributed by atoms with Crippen molar-refractivity contribution in [3.63, 3.8) is 0 Å². The van der Waals surface area contributed by atoms with Gasteiger partial charge in [-0.3, -0.25) is 9.48 Å². The molecule has 1 atom stereocenters. The molecule has 0 saturated heterocycles. The standard InChI is InChI=1S/C14H24N4O/c1-11(12-6-4-3-5-7-12)17-13-8-16-18(9-13)10-14(19)15-2/h8-9,11-12,17H,3-7,10H2,1-2H3,(H,15,19). The number of hydrogen-bond donors (Lipinski definition) is 2. The molecule has 0 radical (unpaired) electrons.